The van der Waals surface area contributed by atoms with Gasteiger partial charge in [-0.25, -0.2) is 0 Å². The largest absolute Gasteiger partial charge is 0.339 e. The molecule has 2 rings (SSSR count). The molecule has 1 saturated heterocycles. The number of hydrogen-bond donors (Lipinski definition) is 1. The van der Waals surface area contributed by atoms with Gasteiger partial charge in [0.1, 0.15) is 0 Å². The normalized spacial score (nSPS) is 16.1. The Morgan fingerprint density at radius 2 is 1.71 bits per heavy atom. The summed E-state index contributed by atoms with van der Waals surface area (Å²) in [5, 5.41) is 2.70. The average Bonchev–Trinajstić information content (AvgIpc) is 2.47. The van der Waals surface area contributed by atoms with Crippen molar-refractivity contribution in [1.82, 2.24) is 9.80 Å². The molecule has 0 unspecified atom stereocenters. The summed E-state index contributed by atoms with van der Waals surface area (Å²) < 4.78 is 0. The fourth-order valence-electron chi connectivity index (χ4n) is 2.67. The Kier molecular flexibility index (Phi) is 4.96. The van der Waals surface area contributed by atoms with E-state index >= 15 is 0 Å². The maximum atomic E-state index is 12.4. The first-order valence-corrected chi connectivity index (χ1v) is 7.30. The standard InChI is InChI=1S/C16H23N3O2/c1-12(20)17-14-6-4-13(5-7-14)16(21)19-10-8-15(9-11-19)18(2)3/h4-7,15H,8-11H2,1-3H3,(H,17,20). The molecule has 1 aromatic carbocycles. The van der Waals surface area contributed by atoms with Gasteiger partial charge in [0.2, 0.25) is 5.91 Å². The summed E-state index contributed by atoms with van der Waals surface area (Å²) in [5.41, 5.74) is 1.39. The number of nitrogens with one attached hydrogen (secondary N) is 1. The maximum absolute atomic E-state index is 12.4. The first-order chi connectivity index (χ1) is 9.97. The summed E-state index contributed by atoms with van der Waals surface area (Å²) in [6.07, 6.45) is 2.03. The van der Waals surface area contributed by atoms with Crippen LogP contribution in [0, 0.1) is 0 Å². The second-order valence-corrected chi connectivity index (χ2v) is 5.75. The minimum Gasteiger partial charge on any atom is -0.339 e. The first-order valence-electron chi connectivity index (χ1n) is 7.30. The van der Waals surface area contributed by atoms with Gasteiger partial charge in [-0.3, -0.25) is 9.59 Å². The molecule has 1 aliphatic rings. The van der Waals surface area contributed by atoms with E-state index in [0.717, 1.165) is 25.9 Å². The van der Waals surface area contributed by atoms with Gasteiger partial charge < -0.3 is 15.1 Å². The molecule has 5 heteroatoms. The van der Waals surface area contributed by atoms with Crippen molar-refractivity contribution in [2.45, 2.75) is 25.8 Å². The number of benzene rings is 1. The minimum atomic E-state index is -0.111. The fourth-order valence-corrected chi connectivity index (χ4v) is 2.67. The number of piperidine rings is 1. The van der Waals surface area contributed by atoms with Gasteiger partial charge in [0, 0.05) is 37.3 Å². The third-order valence-electron chi connectivity index (χ3n) is 3.93. The molecule has 1 aromatic rings. The highest BCUT2D eigenvalue weighted by Crippen LogP contribution is 2.18. The van der Waals surface area contributed by atoms with Crippen molar-refractivity contribution >= 4 is 17.5 Å². The van der Waals surface area contributed by atoms with Gasteiger partial charge >= 0.3 is 0 Å². The van der Waals surface area contributed by atoms with Crippen LogP contribution in [-0.2, 0) is 4.79 Å². The van der Waals surface area contributed by atoms with Crippen LogP contribution in [0.3, 0.4) is 0 Å². The lowest BCUT2D eigenvalue weighted by Gasteiger charge is -2.35. The van der Waals surface area contributed by atoms with Gasteiger partial charge in [-0.05, 0) is 51.2 Å². The highest BCUT2D eigenvalue weighted by atomic mass is 16.2. The van der Waals surface area contributed by atoms with E-state index in [1.54, 1.807) is 24.3 Å². The molecule has 0 atom stereocenters. The topological polar surface area (TPSA) is 52.7 Å². The van der Waals surface area contributed by atoms with E-state index in [0.29, 0.717) is 17.3 Å². The smallest absolute Gasteiger partial charge is 0.253 e. The first kappa shape index (κ1) is 15.5. The number of carbonyl (C=O) groups excluding carboxylic acids is 2. The lowest BCUT2D eigenvalue weighted by Crippen LogP contribution is -2.44. The van der Waals surface area contributed by atoms with Crippen LogP contribution in [-0.4, -0.2) is 54.8 Å². The van der Waals surface area contributed by atoms with Gasteiger partial charge in [0.15, 0.2) is 0 Å². The number of likely N-dealkylation sites (tertiary alicyclic amines) is 1. The summed E-state index contributed by atoms with van der Waals surface area (Å²) in [4.78, 5) is 27.5. The Morgan fingerprint density at radius 3 is 2.19 bits per heavy atom. The van der Waals surface area contributed by atoms with Crippen molar-refractivity contribution < 1.29 is 9.59 Å². The van der Waals surface area contributed by atoms with E-state index in [2.05, 4.69) is 24.3 Å². The zero-order valence-corrected chi connectivity index (χ0v) is 12.9. The number of carbonyl (C=O) groups is 2. The van der Waals surface area contributed by atoms with Gasteiger partial charge in [0.05, 0.1) is 0 Å². The SMILES string of the molecule is CC(=O)Nc1ccc(C(=O)N2CCC(N(C)C)CC2)cc1. The molecule has 0 saturated carbocycles. The van der Waals surface area contributed by atoms with E-state index in [1.165, 1.54) is 6.92 Å². The molecule has 114 valence electrons. The lowest BCUT2D eigenvalue weighted by molar-refractivity contribution is -0.114. The van der Waals surface area contributed by atoms with Crippen molar-refractivity contribution in [2.75, 3.05) is 32.5 Å². The molecule has 0 radical (unpaired) electrons. The summed E-state index contributed by atoms with van der Waals surface area (Å²) >= 11 is 0. The summed E-state index contributed by atoms with van der Waals surface area (Å²) in [6.45, 7) is 3.07. The molecule has 1 aliphatic heterocycles. The molecule has 0 spiro atoms. The van der Waals surface area contributed by atoms with Crippen LogP contribution in [0.5, 0.6) is 0 Å². The Balaban J connectivity index is 1.96. The molecular formula is C16H23N3O2. The van der Waals surface area contributed by atoms with Gasteiger partial charge in [-0.2, -0.15) is 0 Å². The number of anilines is 1. The van der Waals surface area contributed by atoms with Gasteiger partial charge in [-0.15, -0.1) is 0 Å². The number of rotatable bonds is 3. The molecule has 0 bridgehead atoms. The Bertz CT molecular complexity index is 503. The highest BCUT2D eigenvalue weighted by Gasteiger charge is 2.24. The summed E-state index contributed by atoms with van der Waals surface area (Å²) in [5.74, 6) is -0.0404. The van der Waals surface area contributed by atoms with Crippen molar-refractivity contribution in [3.05, 3.63) is 29.8 Å². The van der Waals surface area contributed by atoms with Gasteiger partial charge in [-0.1, -0.05) is 0 Å². The fraction of sp³-hybridized carbons (Fsp3) is 0.500. The zero-order valence-electron chi connectivity index (χ0n) is 12.9. The molecule has 21 heavy (non-hydrogen) atoms. The number of nitrogens with zero attached hydrogens (tertiary/aromatic N) is 2. The average molecular weight is 289 g/mol. The van der Waals surface area contributed by atoms with E-state index in [-0.39, 0.29) is 11.8 Å². The van der Waals surface area contributed by atoms with Crippen LogP contribution in [0.1, 0.15) is 30.1 Å². The number of amides is 2. The lowest BCUT2D eigenvalue weighted by atomic mass is 10.0. The Hall–Kier alpha value is -1.88. The van der Waals surface area contributed by atoms with Crippen molar-refractivity contribution in [3.8, 4) is 0 Å². The molecule has 1 fully saturated rings. The third-order valence-corrected chi connectivity index (χ3v) is 3.93. The van der Waals surface area contributed by atoms with Crippen LogP contribution in [0.4, 0.5) is 5.69 Å². The van der Waals surface area contributed by atoms with E-state index in [1.807, 2.05) is 4.90 Å². The summed E-state index contributed by atoms with van der Waals surface area (Å²) in [7, 11) is 4.17. The van der Waals surface area contributed by atoms with Crippen LogP contribution in [0.15, 0.2) is 24.3 Å². The minimum absolute atomic E-state index is 0.0709. The molecule has 0 aliphatic carbocycles. The van der Waals surface area contributed by atoms with Crippen LogP contribution in [0.25, 0.3) is 0 Å². The molecule has 1 N–H and O–H groups in total. The maximum Gasteiger partial charge on any atom is 0.253 e. The summed E-state index contributed by atoms with van der Waals surface area (Å²) in [6, 6.07) is 7.64. The van der Waals surface area contributed by atoms with Crippen molar-refractivity contribution in [1.29, 1.82) is 0 Å². The quantitative estimate of drug-likeness (QED) is 0.923. The van der Waals surface area contributed by atoms with Crippen LogP contribution in [0.2, 0.25) is 0 Å². The van der Waals surface area contributed by atoms with Gasteiger partial charge in [0.25, 0.3) is 5.91 Å². The van der Waals surface area contributed by atoms with E-state index < -0.39 is 0 Å². The van der Waals surface area contributed by atoms with E-state index in [9.17, 15) is 9.59 Å². The van der Waals surface area contributed by atoms with Crippen molar-refractivity contribution in [3.63, 3.8) is 0 Å². The molecule has 0 aromatic heterocycles. The third kappa shape index (κ3) is 4.04. The van der Waals surface area contributed by atoms with Crippen molar-refractivity contribution in [2.24, 2.45) is 0 Å². The second-order valence-electron chi connectivity index (χ2n) is 5.75. The zero-order chi connectivity index (χ0) is 15.4. The predicted octanol–water partition coefficient (Wildman–Crippen LogP) is 1.81. The molecular weight excluding hydrogens is 266 g/mol. The van der Waals surface area contributed by atoms with E-state index in [4.69, 9.17) is 0 Å². The van der Waals surface area contributed by atoms with Crippen LogP contribution < -0.4 is 5.32 Å². The highest BCUT2D eigenvalue weighted by molar-refractivity contribution is 5.95. The predicted molar refractivity (Wildman–Crippen MR) is 83.4 cm³/mol. The second kappa shape index (κ2) is 6.72. The van der Waals surface area contributed by atoms with Crippen LogP contribution >= 0.6 is 0 Å². The Labute approximate surface area is 125 Å². The molecule has 2 amide bonds. The Morgan fingerprint density at radius 1 is 1.14 bits per heavy atom. The number of hydrogen-bond acceptors (Lipinski definition) is 3. The molecule has 5 nitrogen and oxygen atoms in total. The molecule has 1 heterocycles. The monoisotopic (exact) mass is 289 g/mol.